The summed E-state index contributed by atoms with van der Waals surface area (Å²) in [5, 5.41) is 9.67. The number of aromatic nitrogens is 2. The van der Waals surface area contributed by atoms with E-state index in [1.807, 2.05) is 13.8 Å². The van der Waals surface area contributed by atoms with E-state index in [0.717, 1.165) is 0 Å². The second kappa shape index (κ2) is 7.89. The first kappa shape index (κ1) is 15.7. The summed E-state index contributed by atoms with van der Waals surface area (Å²) in [6.07, 6.45) is 4.49. The van der Waals surface area contributed by atoms with Crippen LogP contribution < -0.4 is 11.3 Å². The molecule has 1 rings (SSSR count). The van der Waals surface area contributed by atoms with E-state index >= 15 is 0 Å². The van der Waals surface area contributed by atoms with Crippen LogP contribution in [0.3, 0.4) is 0 Å². The van der Waals surface area contributed by atoms with Crippen LogP contribution in [0, 0.1) is 0 Å². The standard InChI is InChI=1S/C11H13N3O2.C2H6/c1-3-5-9(15)7(4-2)8-6-10(16)14-11(12)13-8;1-2/h3-6,15H,1H2,2H3,(H3,12,13,14,16);1-2H3/b7-4-,9-5+;. The van der Waals surface area contributed by atoms with Gasteiger partial charge in [-0.25, -0.2) is 4.98 Å². The maximum atomic E-state index is 11.2. The van der Waals surface area contributed by atoms with Gasteiger partial charge in [-0.2, -0.15) is 0 Å². The van der Waals surface area contributed by atoms with Crippen LogP contribution in [0.25, 0.3) is 5.57 Å². The van der Waals surface area contributed by atoms with Crippen LogP contribution in [0.4, 0.5) is 5.95 Å². The van der Waals surface area contributed by atoms with Crippen molar-refractivity contribution >= 4 is 11.5 Å². The molecule has 5 nitrogen and oxygen atoms in total. The highest BCUT2D eigenvalue weighted by molar-refractivity contribution is 5.74. The third-order valence-corrected chi connectivity index (χ3v) is 1.88. The number of H-pyrrole nitrogens is 1. The van der Waals surface area contributed by atoms with Gasteiger partial charge in [-0.15, -0.1) is 0 Å². The lowest BCUT2D eigenvalue weighted by atomic mass is 10.1. The number of nitrogens with two attached hydrogens (primary N) is 1. The third-order valence-electron chi connectivity index (χ3n) is 1.88. The molecule has 1 aromatic rings. The van der Waals surface area contributed by atoms with Crippen molar-refractivity contribution in [3.8, 4) is 0 Å². The van der Waals surface area contributed by atoms with Gasteiger partial charge >= 0.3 is 0 Å². The van der Waals surface area contributed by atoms with Gasteiger partial charge in [-0.3, -0.25) is 9.78 Å². The molecule has 0 saturated heterocycles. The fourth-order valence-electron chi connectivity index (χ4n) is 1.24. The molecule has 0 spiro atoms. The lowest BCUT2D eigenvalue weighted by Gasteiger charge is -2.05. The molecule has 0 atom stereocenters. The number of hydrogen-bond donors (Lipinski definition) is 3. The molecule has 0 fully saturated rings. The van der Waals surface area contributed by atoms with Crippen molar-refractivity contribution in [1.29, 1.82) is 0 Å². The van der Waals surface area contributed by atoms with Crippen LogP contribution >= 0.6 is 0 Å². The predicted octanol–water partition coefficient (Wildman–Crippen LogP) is 2.41. The number of nitrogens with zero attached hydrogens (tertiary/aromatic N) is 1. The molecule has 1 aromatic heterocycles. The Morgan fingerprint density at radius 1 is 1.56 bits per heavy atom. The molecule has 0 aromatic carbocycles. The van der Waals surface area contributed by atoms with Crippen LogP contribution in [0.2, 0.25) is 0 Å². The summed E-state index contributed by atoms with van der Waals surface area (Å²) in [6, 6.07) is 1.26. The molecule has 0 aliphatic heterocycles. The Morgan fingerprint density at radius 3 is 2.61 bits per heavy atom. The Balaban J connectivity index is 0.00000137. The molecule has 1 heterocycles. The van der Waals surface area contributed by atoms with E-state index in [9.17, 15) is 9.90 Å². The molecular weight excluding hydrogens is 230 g/mol. The summed E-state index contributed by atoms with van der Waals surface area (Å²) in [6.45, 7) is 9.19. The summed E-state index contributed by atoms with van der Waals surface area (Å²) in [4.78, 5) is 17.4. The SMILES string of the molecule is C=C/C=C(O)\C(=C/C)c1cc(=O)[nH]c(N)n1.CC. The van der Waals surface area contributed by atoms with Crippen molar-refractivity contribution < 1.29 is 5.11 Å². The highest BCUT2D eigenvalue weighted by atomic mass is 16.3. The number of nitrogens with one attached hydrogen (secondary N) is 1. The van der Waals surface area contributed by atoms with Crippen LogP contribution in [0.15, 0.2) is 41.4 Å². The highest BCUT2D eigenvalue weighted by Gasteiger charge is 2.08. The number of aliphatic hydroxyl groups excluding tert-OH is 1. The lowest BCUT2D eigenvalue weighted by molar-refractivity contribution is 0.437. The molecule has 0 aliphatic carbocycles. The second-order valence-electron chi connectivity index (χ2n) is 3.01. The van der Waals surface area contributed by atoms with E-state index in [1.165, 1.54) is 18.2 Å². The number of aliphatic hydroxyl groups is 1. The van der Waals surface area contributed by atoms with Crippen molar-refractivity contribution in [3.63, 3.8) is 0 Å². The molecule has 4 N–H and O–H groups in total. The van der Waals surface area contributed by atoms with Gasteiger partial charge in [0.2, 0.25) is 5.95 Å². The Bertz CT molecular complexity index is 513. The summed E-state index contributed by atoms with van der Waals surface area (Å²) in [5.74, 6) is -0.0109. The third kappa shape index (κ3) is 4.29. The number of rotatable bonds is 3. The zero-order valence-electron chi connectivity index (χ0n) is 10.9. The van der Waals surface area contributed by atoms with Gasteiger partial charge in [0.05, 0.1) is 5.69 Å². The average molecular weight is 249 g/mol. The highest BCUT2D eigenvalue weighted by Crippen LogP contribution is 2.18. The molecule has 0 bridgehead atoms. The number of nitrogen functional groups attached to an aromatic ring is 1. The quantitative estimate of drug-likeness (QED) is 0.566. The van der Waals surface area contributed by atoms with E-state index < -0.39 is 0 Å². The lowest BCUT2D eigenvalue weighted by Crippen LogP contribution is -2.12. The molecule has 98 valence electrons. The fraction of sp³-hybridized carbons (Fsp3) is 0.231. The topological polar surface area (TPSA) is 92.0 Å². The monoisotopic (exact) mass is 249 g/mol. The first-order chi connectivity index (χ1) is 8.58. The van der Waals surface area contributed by atoms with Gasteiger partial charge in [-0.1, -0.05) is 32.6 Å². The Morgan fingerprint density at radius 2 is 2.17 bits per heavy atom. The first-order valence-corrected chi connectivity index (χ1v) is 5.64. The maximum absolute atomic E-state index is 11.2. The maximum Gasteiger partial charge on any atom is 0.252 e. The Hall–Kier alpha value is -2.30. The summed E-state index contributed by atoms with van der Waals surface area (Å²) in [7, 11) is 0. The van der Waals surface area contributed by atoms with Gasteiger partial charge in [0.1, 0.15) is 5.76 Å². The normalized spacial score (nSPS) is 11.5. The fourth-order valence-corrected chi connectivity index (χ4v) is 1.24. The van der Waals surface area contributed by atoms with Gasteiger partial charge in [-0.05, 0) is 13.0 Å². The van der Waals surface area contributed by atoms with E-state index in [-0.39, 0.29) is 17.3 Å². The Labute approximate surface area is 106 Å². The summed E-state index contributed by atoms with van der Waals surface area (Å²) >= 11 is 0. The van der Waals surface area contributed by atoms with Crippen LogP contribution in [0.1, 0.15) is 26.5 Å². The van der Waals surface area contributed by atoms with E-state index in [0.29, 0.717) is 11.3 Å². The van der Waals surface area contributed by atoms with Crippen LogP contribution in [-0.4, -0.2) is 15.1 Å². The van der Waals surface area contributed by atoms with Gasteiger partial charge < -0.3 is 10.8 Å². The van der Waals surface area contributed by atoms with Crippen molar-refractivity contribution in [2.45, 2.75) is 20.8 Å². The summed E-state index contributed by atoms with van der Waals surface area (Å²) in [5.41, 5.74) is 5.79. The number of allylic oxidation sites excluding steroid dienone is 4. The zero-order valence-corrected chi connectivity index (χ0v) is 10.9. The average Bonchev–Trinajstić information content (AvgIpc) is 2.31. The van der Waals surface area contributed by atoms with Crippen molar-refractivity contribution in [3.05, 3.63) is 52.7 Å². The molecule has 0 aliphatic rings. The smallest absolute Gasteiger partial charge is 0.252 e. The van der Waals surface area contributed by atoms with Gasteiger partial charge in [0.15, 0.2) is 0 Å². The minimum absolute atomic E-state index is 0.00764. The van der Waals surface area contributed by atoms with E-state index in [1.54, 1.807) is 13.0 Å². The molecule has 0 amide bonds. The van der Waals surface area contributed by atoms with Crippen molar-refractivity contribution in [1.82, 2.24) is 9.97 Å². The van der Waals surface area contributed by atoms with Crippen molar-refractivity contribution in [2.75, 3.05) is 5.73 Å². The molecule has 5 heteroatoms. The minimum Gasteiger partial charge on any atom is -0.507 e. The van der Waals surface area contributed by atoms with Crippen LogP contribution in [-0.2, 0) is 0 Å². The molecule has 0 unspecified atom stereocenters. The van der Waals surface area contributed by atoms with E-state index in [2.05, 4.69) is 16.5 Å². The molecule has 0 radical (unpaired) electrons. The molecular formula is C13H19N3O2. The van der Waals surface area contributed by atoms with Gasteiger partial charge in [0, 0.05) is 11.6 Å². The van der Waals surface area contributed by atoms with Crippen LogP contribution in [0.5, 0.6) is 0 Å². The molecule has 0 saturated carbocycles. The second-order valence-corrected chi connectivity index (χ2v) is 3.01. The van der Waals surface area contributed by atoms with Crippen molar-refractivity contribution in [2.24, 2.45) is 0 Å². The number of aromatic amines is 1. The molecule has 18 heavy (non-hydrogen) atoms. The zero-order chi connectivity index (χ0) is 14.1. The van der Waals surface area contributed by atoms with Gasteiger partial charge in [0.25, 0.3) is 5.56 Å². The Kier molecular flexibility index (Phi) is 6.88. The number of anilines is 1. The first-order valence-electron chi connectivity index (χ1n) is 5.64. The summed E-state index contributed by atoms with van der Waals surface area (Å²) < 4.78 is 0. The van der Waals surface area contributed by atoms with E-state index in [4.69, 9.17) is 5.73 Å². The largest absolute Gasteiger partial charge is 0.507 e. The predicted molar refractivity (Wildman–Crippen MR) is 75.2 cm³/mol. The minimum atomic E-state index is -0.367. The number of hydrogen-bond acceptors (Lipinski definition) is 4.